The van der Waals surface area contributed by atoms with Crippen LogP contribution in [0.2, 0.25) is 0 Å². The van der Waals surface area contributed by atoms with Gasteiger partial charge in [-0.05, 0) is 55.5 Å². The van der Waals surface area contributed by atoms with E-state index in [2.05, 4.69) is 5.32 Å². The van der Waals surface area contributed by atoms with Crippen molar-refractivity contribution >= 4 is 22.6 Å². The molecule has 33 heavy (non-hydrogen) atoms. The molecule has 1 heterocycles. The lowest BCUT2D eigenvalue weighted by Crippen LogP contribution is -2.23. The van der Waals surface area contributed by atoms with Crippen molar-refractivity contribution in [3.63, 3.8) is 0 Å². The first-order valence-electron chi connectivity index (χ1n) is 10.3. The molecule has 0 fully saturated rings. The van der Waals surface area contributed by atoms with Gasteiger partial charge in [-0.2, -0.15) is 0 Å². The first kappa shape index (κ1) is 22.0. The van der Waals surface area contributed by atoms with Crippen molar-refractivity contribution in [2.24, 2.45) is 0 Å². The molecule has 0 saturated heterocycles. The molecule has 7 nitrogen and oxygen atoms in total. The Labute approximate surface area is 190 Å². The molecule has 3 aromatic carbocycles. The summed E-state index contributed by atoms with van der Waals surface area (Å²) in [4.78, 5) is 25.9. The van der Waals surface area contributed by atoms with Crippen molar-refractivity contribution in [3.05, 3.63) is 82.5 Å². The molecule has 0 spiro atoms. The van der Waals surface area contributed by atoms with Gasteiger partial charge in [0.2, 0.25) is 11.2 Å². The Kier molecular flexibility index (Phi) is 6.31. The highest BCUT2D eigenvalue weighted by molar-refractivity contribution is 5.93. The first-order valence-corrected chi connectivity index (χ1v) is 10.3. The van der Waals surface area contributed by atoms with Gasteiger partial charge in [-0.25, -0.2) is 0 Å². The third-order valence-electron chi connectivity index (χ3n) is 5.09. The van der Waals surface area contributed by atoms with Crippen LogP contribution < -0.4 is 25.0 Å². The number of methoxy groups -OCH3 is 2. The number of hydrogen-bond acceptors (Lipinski definition) is 6. The Morgan fingerprint density at radius 1 is 0.970 bits per heavy atom. The quantitative estimate of drug-likeness (QED) is 0.440. The van der Waals surface area contributed by atoms with Crippen LogP contribution in [0.1, 0.15) is 5.56 Å². The summed E-state index contributed by atoms with van der Waals surface area (Å²) >= 11 is 0. The van der Waals surface area contributed by atoms with Crippen LogP contribution in [0.4, 0.5) is 5.69 Å². The molecule has 1 aromatic heterocycles. The highest BCUT2D eigenvalue weighted by Crippen LogP contribution is 2.32. The number of benzene rings is 3. The summed E-state index contributed by atoms with van der Waals surface area (Å²) in [7, 11) is 3.09. The lowest BCUT2D eigenvalue weighted by molar-refractivity contribution is -0.118. The van der Waals surface area contributed by atoms with E-state index in [9.17, 15) is 9.59 Å². The molecule has 4 rings (SSSR count). The predicted molar refractivity (Wildman–Crippen MR) is 126 cm³/mol. The van der Waals surface area contributed by atoms with E-state index < -0.39 is 5.91 Å². The van der Waals surface area contributed by atoms with E-state index in [4.69, 9.17) is 18.6 Å². The molecular weight excluding hydrogens is 422 g/mol. The maximum Gasteiger partial charge on any atom is 0.262 e. The minimum absolute atomic E-state index is 0.0338. The van der Waals surface area contributed by atoms with Gasteiger partial charge >= 0.3 is 0 Å². The number of ether oxygens (including phenoxy) is 3. The monoisotopic (exact) mass is 445 g/mol. The predicted octanol–water partition coefficient (Wildman–Crippen LogP) is 4.80. The molecule has 0 atom stereocenters. The second-order valence-electron chi connectivity index (χ2n) is 7.35. The van der Waals surface area contributed by atoms with Gasteiger partial charge in [0.05, 0.1) is 25.3 Å². The van der Waals surface area contributed by atoms with E-state index in [1.165, 1.54) is 7.11 Å². The maximum absolute atomic E-state index is 13.3. The van der Waals surface area contributed by atoms with Crippen LogP contribution in [0.5, 0.6) is 17.2 Å². The van der Waals surface area contributed by atoms with Crippen molar-refractivity contribution in [2.45, 2.75) is 6.92 Å². The minimum Gasteiger partial charge on any atom is -0.497 e. The van der Waals surface area contributed by atoms with Crippen LogP contribution in [0.15, 0.2) is 75.9 Å². The van der Waals surface area contributed by atoms with Crippen LogP contribution in [0.3, 0.4) is 0 Å². The topological polar surface area (TPSA) is 87.0 Å². The van der Waals surface area contributed by atoms with Gasteiger partial charge in [-0.15, -0.1) is 0 Å². The number of fused-ring (bicyclic) bond motifs is 1. The second kappa shape index (κ2) is 9.48. The minimum atomic E-state index is -0.441. The van der Waals surface area contributed by atoms with Crippen molar-refractivity contribution in [3.8, 4) is 28.6 Å². The number of nitrogens with one attached hydrogen (secondary N) is 1. The molecule has 168 valence electrons. The molecule has 0 aliphatic rings. The number of aryl methyl sites for hydroxylation is 1. The van der Waals surface area contributed by atoms with Crippen LogP contribution in [0.25, 0.3) is 22.3 Å². The Morgan fingerprint density at radius 3 is 2.45 bits per heavy atom. The van der Waals surface area contributed by atoms with Gasteiger partial charge < -0.3 is 23.9 Å². The highest BCUT2D eigenvalue weighted by Gasteiger charge is 2.19. The van der Waals surface area contributed by atoms with Crippen molar-refractivity contribution < 1.29 is 23.4 Å². The molecular formula is C26H23NO6. The number of carbonyl (C=O) groups is 1. The van der Waals surface area contributed by atoms with E-state index in [1.807, 2.05) is 13.0 Å². The Morgan fingerprint density at radius 2 is 1.73 bits per heavy atom. The van der Waals surface area contributed by atoms with E-state index in [-0.39, 0.29) is 23.5 Å². The fraction of sp³-hybridized carbons (Fsp3) is 0.154. The maximum atomic E-state index is 13.3. The summed E-state index contributed by atoms with van der Waals surface area (Å²) in [5, 5.41) is 3.12. The van der Waals surface area contributed by atoms with Gasteiger partial charge in [-0.1, -0.05) is 23.8 Å². The average molecular weight is 445 g/mol. The smallest absolute Gasteiger partial charge is 0.262 e. The van der Waals surface area contributed by atoms with Crippen molar-refractivity contribution in [2.75, 3.05) is 26.1 Å². The number of amides is 1. The molecule has 0 aliphatic carbocycles. The van der Waals surface area contributed by atoms with E-state index in [0.717, 1.165) is 5.56 Å². The Bertz CT molecular complexity index is 1360. The third-order valence-corrected chi connectivity index (χ3v) is 5.09. The van der Waals surface area contributed by atoms with Crippen molar-refractivity contribution in [1.29, 1.82) is 0 Å². The molecule has 0 unspecified atom stereocenters. The summed E-state index contributed by atoms with van der Waals surface area (Å²) in [6, 6.07) is 19.4. The molecule has 1 N–H and O–H groups in total. The molecule has 0 bridgehead atoms. The highest BCUT2D eigenvalue weighted by atomic mass is 16.5. The summed E-state index contributed by atoms with van der Waals surface area (Å²) in [6.07, 6.45) is 0. The molecule has 0 saturated carbocycles. The summed E-state index contributed by atoms with van der Waals surface area (Å²) in [5.74, 6) is 0.947. The van der Waals surface area contributed by atoms with E-state index in [1.54, 1.807) is 67.8 Å². The second-order valence-corrected chi connectivity index (χ2v) is 7.35. The number of anilines is 1. The number of hydrogen-bond donors (Lipinski definition) is 1. The molecule has 0 aliphatic heterocycles. The van der Waals surface area contributed by atoms with Crippen LogP contribution in [-0.4, -0.2) is 26.7 Å². The molecule has 7 heteroatoms. The molecule has 4 aromatic rings. The van der Waals surface area contributed by atoms with Crippen LogP contribution >= 0.6 is 0 Å². The zero-order valence-electron chi connectivity index (χ0n) is 18.5. The van der Waals surface area contributed by atoms with Crippen LogP contribution in [0, 0.1) is 6.92 Å². The lowest BCUT2D eigenvalue weighted by Gasteiger charge is -2.13. The summed E-state index contributed by atoms with van der Waals surface area (Å²) < 4.78 is 22.3. The summed E-state index contributed by atoms with van der Waals surface area (Å²) in [5.41, 5.74) is 2.12. The summed E-state index contributed by atoms with van der Waals surface area (Å²) in [6.45, 7) is 1.50. The normalized spacial score (nSPS) is 10.6. The SMILES string of the molecule is COc1ccc(-c2oc3ccc(C)cc3c(=O)c2OCC(=O)Nc2ccccc2OC)cc1. The van der Waals surface area contributed by atoms with Gasteiger partial charge in [0.25, 0.3) is 5.91 Å². The zero-order chi connectivity index (χ0) is 23.4. The Hall–Kier alpha value is -4.26. The Balaban J connectivity index is 1.69. The first-order chi connectivity index (χ1) is 16.0. The zero-order valence-corrected chi connectivity index (χ0v) is 18.5. The van der Waals surface area contributed by atoms with Gasteiger partial charge in [0.15, 0.2) is 12.4 Å². The molecule has 0 radical (unpaired) electrons. The largest absolute Gasteiger partial charge is 0.497 e. The van der Waals surface area contributed by atoms with E-state index >= 15 is 0 Å². The average Bonchev–Trinajstić information content (AvgIpc) is 2.84. The number of rotatable bonds is 7. The number of carbonyl (C=O) groups excluding carboxylic acids is 1. The van der Waals surface area contributed by atoms with Gasteiger partial charge in [0, 0.05) is 5.56 Å². The van der Waals surface area contributed by atoms with Crippen LogP contribution in [-0.2, 0) is 4.79 Å². The third kappa shape index (κ3) is 4.67. The van der Waals surface area contributed by atoms with E-state index in [0.29, 0.717) is 33.7 Å². The number of para-hydroxylation sites is 2. The van der Waals surface area contributed by atoms with Gasteiger partial charge in [-0.3, -0.25) is 9.59 Å². The van der Waals surface area contributed by atoms with Crippen molar-refractivity contribution in [1.82, 2.24) is 0 Å². The molecule has 1 amide bonds. The fourth-order valence-electron chi connectivity index (χ4n) is 3.43. The standard InChI is InChI=1S/C26H23NO6/c1-16-8-13-21-19(14-16)24(29)26(25(33-21)17-9-11-18(30-2)12-10-17)32-15-23(28)27-20-6-4-5-7-22(20)31-3/h4-14H,15H2,1-3H3,(H,27,28). The van der Waals surface area contributed by atoms with Gasteiger partial charge in [0.1, 0.15) is 17.1 Å². The lowest BCUT2D eigenvalue weighted by atomic mass is 10.1. The fourth-order valence-corrected chi connectivity index (χ4v) is 3.43.